The maximum atomic E-state index is 12.9. The van der Waals surface area contributed by atoms with Crippen LogP contribution in [0.15, 0.2) is 101 Å². The van der Waals surface area contributed by atoms with Crippen molar-refractivity contribution in [3.05, 3.63) is 118 Å². The van der Waals surface area contributed by atoms with E-state index in [0.29, 0.717) is 35.0 Å². The van der Waals surface area contributed by atoms with Crippen LogP contribution in [0, 0.1) is 0 Å². The van der Waals surface area contributed by atoms with Gasteiger partial charge in [-0.2, -0.15) is 5.10 Å². The normalized spacial score (nSPS) is 10.6. The van der Waals surface area contributed by atoms with Crippen molar-refractivity contribution >= 4 is 34.0 Å². The van der Waals surface area contributed by atoms with Gasteiger partial charge in [0.2, 0.25) is 0 Å². The van der Waals surface area contributed by atoms with E-state index < -0.39 is 11.9 Å². The molecule has 0 heterocycles. The zero-order valence-electron chi connectivity index (χ0n) is 21.2. The average molecular weight is 589 g/mol. The fraction of sp³-hybridized carbons (Fsp3) is 0.100. The second-order valence-electron chi connectivity index (χ2n) is 8.11. The second kappa shape index (κ2) is 13.3. The van der Waals surface area contributed by atoms with Crippen molar-refractivity contribution in [3.8, 4) is 23.0 Å². The van der Waals surface area contributed by atoms with Gasteiger partial charge in [0.25, 0.3) is 5.91 Å². The second-order valence-corrected chi connectivity index (χ2v) is 9.03. The number of nitrogens with one attached hydrogen (secondary N) is 1. The fourth-order valence-corrected chi connectivity index (χ4v) is 3.95. The molecule has 0 aliphatic carbocycles. The van der Waals surface area contributed by atoms with Crippen LogP contribution in [-0.2, 0) is 6.61 Å². The number of carbonyl (C=O) groups is 2. The molecule has 4 rings (SSSR count). The van der Waals surface area contributed by atoms with Gasteiger partial charge in [0.05, 0.1) is 31.6 Å². The fourth-order valence-electron chi connectivity index (χ4n) is 3.57. The van der Waals surface area contributed by atoms with Crippen molar-refractivity contribution in [1.82, 2.24) is 5.43 Å². The van der Waals surface area contributed by atoms with E-state index >= 15 is 0 Å². The van der Waals surface area contributed by atoms with Crippen LogP contribution in [0.1, 0.15) is 31.8 Å². The number of hydrazone groups is 1. The third-order valence-corrected chi connectivity index (χ3v) is 6.03. The highest BCUT2D eigenvalue weighted by Gasteiger charge is 2.15. The zero-order chi connectivity index (χ0) is 27.6. The summed E-state index contributed by atoms with van der Waals surface area (Å²) in [5.41, 5.74) is 4.57. The van der Waals surface area contributed by atoms with Gasteiger partial charge in [-0.3, -0.25) is 4.79 Å². The van der Waals surface area contributed by atoms with Crippen molar-refractivity contribution in [3.63, 3.8) is 0 Å². The summed E-state index contributed by atoms with van der Waals surface area (Å²) in [6.45, 7) is 0.321. The lowest BCUT2D eigenvalue weighted by Crippen LogP contribution is -2.19. The van der Waals surface area contributed by atoms with Crippen LogP contribution < -0.4 is 24.4 Å². The quantitative estimate of drug-likeness (QED) is 0.105. The molecule has 0 aromatic heterocycles. The standard InChI is InChI=1S/C30H25BrN2O6/c1-36-27-14-12-21(17-28(27)37-2)30(35)39-25-15-13-23(31)16-22(25)18-32-33-29(34)24-10-6-7-11-26(24)38-19-20-8-4-3-5-9-20/h3-18H,19H2,1-2H3,(H,33,34)/b32-18+. The summed E-state index contributed by atoms with van der Waals surface area (Å²) >= 11 is 3.41. The Hall–Kier alpha value is -4.63. The van der Waals surface area contributed by atoms with Crippen LogP contribution in [0.2, 0.25) is 0 Å². The number of nitrogens with zero attached hydrogens (tertiary/aromatic N) is 1. The first-order chi connectivity index (χ1) is 19.0. The summed E-state index contributed by atoms with van der Waals surface area (Å²) in [7, 11) is 3.00. The molecular formula is C30H25BrN2O6. The van der Waals surface area contributed by atoms with Gasteiger partial charge < -0.3 is 18.9 Å². The van der Waals surface area contributed by atoms with E-state index in [1.54, 1.807) is 54.6 Å². The number of rotatable bonds is 10. The van der Waals surface area contributed by atoms with Crippen LogP contribution in [0.3, 0.4) is 0 Å². The SMILES string of the molecule is COc1ccc(C(=O)Oc2ccc(Br)cc2/C=N/NC(=O)c2ccccc2OCc2ccccc2)cc1OC. The van der Waals surface area contributed by atoms with Gasteiger partial charge in [-0.05, 0) is 54.1 Å². The average Bonchev–Trinajstić information content (AvgIpc) is 2.97. The van der Waals surface area contributed by atoms with Gasteiger partial charge in [-0.15, -0.1) is 0 Å². The predicted octanol–water partition coefficient (Wildman–Crippen LogP) is 6.03. The van der Waals surface area contributed by atoms with E-state index in [-0.39, 0.29) is 11.3 Å². The monoisotopic (exact) mass is 588 g/mol. The molecule has 0 aliphatic rings. The number of hydrogen-bond acceptors (Lipinski definition) is 7. The lowest BCUT2D eigenvalue weighted by molar-refractivity contribution is 0.0733. The Bertz CT molecular complexity index is 1490. The molecule has 9 heteroatoms. The summed E-state index contributed by atoms with van der Waals surface area (Å²) in [6.07, 6.45) is 1.40. The van der Waals surface area contributed by atoms with Crippen molar-refractivity contribution in [1.29, 1.82) is 0 Å². The van der Waals surface area contributed by atoms with E-state index in [0.717, 1.165) is 10.0 Å². The van der Waals surface area contributed by atoms with Gasteiger partial charge in [-0.25, -0.2) is 10.2 Å². The third-order valence-electron chi connectivity index (χ3n) is 5.53. The van der Waals surface area contributed by atoms with Crippen LogP contribution in [-0.4, -0.2) is 32.3 Å². The maximum Gasteiger partial charge on any atom is 0.343 e. The van der Waals surface area contributed by atoms with Crippen LogP contribution in [0.25, 0.3) is 0 Å². The Morgan fingerprint density at radius 2 is 1.54 bits per heavy atom. The Labute approximate surface area is 234 Å². The minimum absolute atomic E-state index is 0.252. The first-order valence-electron chi connectivity index (χ1n) is 11.8. The topological polar surface area (TPSA) is 95.5 Å². The van der Waals surface area contributed by atoms with E-state index in [9.17, 15) is 9.59 Å². The molecule has 0 radical (unpaired) electrons. The summed E-state index contributed by atoms with van der Waals surface area (Å²) in [6, 6.07) is 26.4. The molecule has 0 spiro atoms. The minimum Gasteiger partial charge on any atom is -0.493 e. The number of amides is 1. The number of benzene rings is 4. The number of methoxy groups -OCH3 is 2. The van der Waals surface area contributed by atoms with E-state index in [2.05, 4.69) is 26.5 Å². The first kappa shape index (κ1) is 27.4. The number of carbonyl (C=O) groups excluding carboxylic acids is 2. The summed E-state index contributed by atoms with van der Waals surface area (Å²) < 4.78 is 22.7. The molecule has 8 nitrogen and oxygen atoms in total. The number of hydrogen-bond donors (Lipinski definition) is 1. The Morgan fingerprint density at radius 3 is 2.31 bits per heavy atom. The van der Waals surface area contributed by atoms with Gasteiger partial charge in [0.1, 0.15) is 18.1 Å². The molecule has 0 unspecified atom stereocenters. The van der Waals surface area contributed by atoms with Gasteiger partial charge in [-0.1, -0.05) is 58.4 Å². The van der Waals surface area contributed by atoms with Gasteiger partial charge >= 0.3 is 5.97 Å². The number of para-hydroxylation sites is 1. The molecule has 0 bridgehead atoms. The predicted molar refractivity (Wildman–Crippen MR) is 151 cm³/mol. The summed E-state index contributed by atoms with van der Waals surface area (Å²) in [5.74, 6) is 0.535. The number of esters is 1. The van der Waals surface area contributed by atoms with Gasteiger partial charge in [0.15, 0.2) is 11.5 Å². The number of halogens is 1. The third kappa shape index (κ3) is 7.24. The van der Waals surface area contributed by atoms with Crippen LogP contribution in [0.5, 0.6) is 23.0 Å². The van der Waals surface area contributed by atoms with Crippen molar-refractivity contribution < 1.29 is 28.5 Å². The van der Waals surface area contributed by atoms with Crippen LogP contribution >= 0.6 is 15.9 Å². The molecular weight excluding hydrogens is 564 g/mol. The molecule has 0 aliphatic heterocycles. The first-order valence-corrected chi connectivity index (χ1v) is 12.6. The largest absolute Gasteiger partial charge is 0.493 e. The summed E-state index contributed by atoms with van der Waals surface area (Å²) in [5, 5.41) is 4.08. The van der Waals surface area contributed by atoms with E-state index in [4.69, 9.17) is 18.9 Å². The molecule has 0 atom stereocenters. The molecule has 0 fully saturated rings. The molecule has 0 saturated heterocycles. The lowest BCUT2D eigenvalue weighted by Gasteiger charge is -2.11. The highest BCUT2D eigenvalue weighted by atomic mass is 79.9. The Kier molecular flexibility index (Phi) is 9.31. The molecule has 198 valence electrons. The molecule has 39 heavy (non-hydrogen) atoms. The highest BCUT2D eigenvalue weighted by molar-refractivity contribution is 9.10. The smallest absolute Gasteiger partial charge is 0.343 e. The van der Waals surface area contributed by atoms with Crippen molar-refractivity contribution in [2.45, 2.75) is 6.61 Å². The zero-order valence-corrected chi connectivity index (χ0v) is 22.8. The maximum absolute atomic E-state index is 12.9. The molecule has 0 saturated carbocycles. The van der Waals surface area contributed by atoms with Crippen molar-refractivity contribution in [2.75, 3.05) is 14.2 Å². The van der Waals surface area contributed by atoms with Crippen LogP contribution in [0.4, 0.5) is 0 Å². The Morgan fingerprint density at radius 1 is 0.821 bits per heavy atom. The Balaban J connectivity index is 1.46. The minimum atomic E-state index is -0.596. The molecule has 1 N–H and O–H groups in total. The highest BCUT2D eigenvalue weighted by Crippen LogP contribution is 2.29. The molecule has 4 aromatic rings. The molecule has 1 amide bonds. The summed E-state index contributed by atoms with van der Waals surface area (Å²) in [4.78, 5) is 25.7. The van der Waals surface area contributed by atoms with Gasteiger partial charge in [0, 0.05) is 10.0 Å². The number of ether oxygens (including phenoxy) is 4. The van der Waals surface area contributed by atoms with Crippen molar-refractivity contribution in [2.24, 2.45) is 5.10 Å². The van der Waals surface area contributed by atoms with E-state index in [1.807, 2.05) is 30.3 Å². The van der Waals surface area contributed by atoms with E-state index in [1.165, 1.54) is 26.5 Å². The molecule has 4 aromatic carbocycles. The lowest BCUT2D eigenvalue weighted by atomic mass is 10.2.